The summed E-state index contributed by atoms with van der Waals surface area (Å²) in [6.45, 7) is 9.62. The van der Waals surface area contributed by atoms with Crippen LogP contribution in [0.15, 0.2) is 6.20 Å². The summed E-state index contributed by atoms with van der Waals surface area (Å²) in [4.78, 5) is 11.5. The summed E-state index contributed by atoms with van der Waals surface area (Å²) in [6.07, 6.45) is 4.58. The first-order valence-electron chi connectivity index (χ1n) is 7.47. The zero-order valence-corrected chi connectivity index (χ0v) is 12.6. The summed E-state index contributed by atoms with van der Waals surface area (Å²) in [5, 5.41) is 3.52. The standard InChI is InChI=1S/C15H24N4O/c1-11-12(8-16-13-4-5-13)9-17-14(18-11)19-6-7-20-10-15(19,2)3/h9,13,16H,4-8,10H2,1-3H3. The van der Waals surface area contributed by atoms with Crippen LogP contribution in [0, 0.1) is 6.92 Å². The lowest BCUT2D eigenvalue weighted by Crippen LogP contribution is -2.53. The van der Waals surface area contributed by atoms with E-state index < -0.39 is 0 Å². The molecule has 2 aliphatic rings. The predicted octanol–water partition coefficient (Wildman–Crippen LogP) is 1.65. The van der Waals surface area contributed by atoms with Gasteiger partial charge in [-0.1, -0.05) is 0 Å². The maximum Gasteiger partial charge on any atom is 0.226 e. The molecule has 0 amide bonds. The third-order valence-corrected chi connectivity index (χ3v) is 4.11. The fourth-order valence-corrected chi connectivity index (χ4v) is 2.55. The molecule has 5 nitrogen and oxygen atoms in total. The molecule has 1 N–H and O–H groups in total. The Kier molecular flexibility index (Phi) is 3.65. The van der Waals surface area contributed by atoms with Gasteiger partial charge in [-0.2, -0.15) is 0 Å². The first kappa shape index (κ1) is 13.8. The molecule has 2 fully saturated rings. The molecule has 1 aromatic heterocycles. The van der Waals surface area contributed by atoms with Crippen molar-refractivity contribution in [3.63, 3.8) is 0 Å². The number of ether oxygens (including phenoxy) is 1. The predicted molar refractivity (Wildman–Crippen MR) is 78.9 cm³/mol. The normalized spacial score (nSPS) is 22.1. The molecule has 110 valence electrons. The van der Waals surface area contributed by atoms with Crippen LogP contribution in [0.2, 0.25) is 0 Å². The van der Waals surface area contributed by atoms with Crippen LogP contribution in [0.5, 0.6) is 0 Å². The zero-order valence-electron chi connectivity index (χ0n) is 12.6. The van der Waals surface area contributed by atoms with Gasteiger partial charge < -0.3 is 15.0 Å². The summed E-state index contributed by atoms with van der Waals surface area (Å²) in [5.41, 5.74) is 2.23. The molecule has 0 bridgehead atoms. The van der Waals surface area contributed by atoms with E-state index >= 15 is 0 Å². The van der Waals surface area contributed by atoms with Crippen molar-refractivity contribution in [2.24, 2.45) is 0 Å². The van der Waals surface area contributed by atoms with E-state index in [0.717, 1.165) is 37.9 Å². The Labute approximate surface area is 120 Å². The molecule has 3 rings (SSSR count). The Morgan fingerprint density at radius 3 is 2.90 bits per heavy atom. The smallest absolute Gasteiger partial charge is 0.226 e. The molecule has 2 heterocycles. The van der Waals surface area contributed by atoms with Crippen LogP contribution >= 0.6 is 0 Å². The molecule has 0 radical (unpaired) electrons. The monoisotopic (exact) mass is 276 g/mol. The molecular formula is C15H24N4O. The molecule has 1 saturated heterocycles. The minimum Gasteiger partial charge on any atom is -0.377 e. The molecule has 1 aliphatic carbocycles. The Morgan fingerprint density at radius 2 is 2.25 bits per heavy atom. The fourth-order valence-electron chi connectivity index (χ4n) is 2.55. The van der Waals surface area contributed by atoms with Gasteiger partial charge in [0.15, 0.2) is 0 Å². The van der Waals surface area contributed by atoms with E-state index in [1.54, 1.807) is 0 Å². The second-order valence-electron chi connectivity index (χ2n) is 6.45. The van der Waals surface area contributed by atoms with Gasteiger partial charge >= 0.3 is 0 Å². The van der Waals surface area contributed by atoms with Crippen molar-refractivity contribution in [3.05, 3.63) is 17.5 Å². The van der Waals surface area contributed by atoms with Gasteiger partial charge in [0.1, 0.15) is 0 Å². The van der Waals surface area contributed by atoms with Gasteiger partial charge in [0, 0.05) is 36.6 Å². The molecule has 0 spiro atoms. The molecule has 0 aromatic carbocycles. The number of anilines is 1. The molecule has 1 aliphatic heterocycles. The minimum absolute atomic E-state index is 0.0432. The number of nitrogens with one attached hydrogen (secondary N) is 1. The van der Waals surface area contributed by atoms with E-state index in [1.165, 1.54) is 18.4 Å². The van der Waals surface area contributed by atoms with Crippen molar-refractivity contribution in [1.82, 2.24) is 15.3 Å². The summed E-state index contributed by atoms with van der Waals surface area (Å²) in [6, 6.07) is 0.715. The number of morpholine rings is 1. The van der Waals surface area contributed by atoms with Gasteiger partial charge in [-0.15, -0.1) is 0 Å². The maximum atomic E-state index is 5.56. The Morgan fingerprint density at radius 1 is 1.45 bits per heavy atom. The summed E-state index contributed by atoms with van der Waals surface area (Å²) in [5.74, 6) is 0.825. The van der Waals surface area contributed by atoms with Gasteiger partial charge in [0.25, 0.3) is 0 Å². The topological polar surface area (TPSA) is 50.3 Å². The number of rotatable bonds is 4. The molecule has 0 unspecified atom stereocenters. The third-order valence-electron chi connectivity index (χ3n) is 4.11. The van der Waals surface area contributed by atoms with Crippen LogP contribution in [0.1, 0.15) is 37.9 Å². The summed E-state index contributed by atoms with van der Waals surface area (Å²) >= 11 is 0. The van der Waals surface area contributed by atoms with E-state index in [-0.39, 0.29) is 5.54 Å². The van der Waals surface area contributed by atoms with E-state index in [1.807, 2.05) is 6.20 Å². The Balaban J connectivity index is 1.74. The van der Waals surface area contributed by atoms with Crippen LogP contribution in [0.4, 0.5) is 5.95 Å². The van der Waals surface area contributed by atoms with Gasteiger partial charge in [0.2, 0.25) is 5.95 Å². The largest absolute Gasteiger partial charge is 0.377 e. The lowest BCUT2D eigenvalue weighted by atomic mass is 10.0. The lowest BCUT2D eigenvalue weighted by Gasteiger charge is -2.42. The van der Waals surface area contributed by atoms with Crippen LogP contribution < -0.4 is 10.2 Å². The first-order chi connectivity index (χ1) is 9.56. The molecular weight excluding hydrogens is 252 g/mol. The number of hydrogen-bond acceptors (Lipinski definition) is 5. The molecule has 20 heavy (non-hydrogen) atoms. The summed E-state index contributed by atoms with van der Waals surface area (Å²) < 4.78 is 5.56. The Bertz CT molecular complexity index is 485. The van der Waals surface area contributed by atoms with Gasteiger partial charge in [-0.3, -0.25) is 0 Å². The fraction of sp³-hybridized carbons (Fsp3) is 0.733. The van der Waals surface area contributed by atoms with E-state index in [4.69, 9.17) is 9.72 Å². The van der Waals surface area contributed by atoms with Crippen molar-refractivity contribution < 1.29 is 4.74 Å². The van der Waals surface area contributed by atoms with Crippen molar-refractivity contribution >= 4 is 5.95 Å². The SMILES string of the molecule is Cc1nc(N2CCOCC2(C)C)ncc1CNC1CC1. The highest BCUT2D eigenvalue weighted by atomic mass is 16.5. The maximum absolute atomic E-state index is 5.56. The molecule has 1 aromatic rings. The highest BCUT2D eigenvalue weighted by molar-refractivity contribution is 5.37. The Hall–Kier alpha value is -1.20. The van der Waals surface area contributed by atoms with Crippen molar-refractivity contribution in [3.8, 4) is 0 Å². The minimum atomic E-state index is -0.0432. The van der Waals surface area contributed by atoms with Crippen molar-refractivity contribution in [1.29, 1.82) is 0 Å². The number of nitrogens with zero attached hydrogens (tertiary/aromatic N) is 3. The van der Waals surface area contributed by atoms with Gasteiger partial charge in [-0.05, 0) is 33.6 Å². The van der Waals surface area contributed by atoms with Crippen LogP contribution in [-0.4, -0.2) is 41.3 Å². The van der Waals surface area contributed by atoms with Crippen molar-refractivity contribution in [2.75, 3.05) is 24.7 Å². The number of hydrogen-bond donors (Lipinski definition) is 1. The third kappa shape index (κ3) is 2.94. The second-order valence-corrected chi connectivity index (χ2v) is 6.45. The van der Waals surface area contributed by atoms with Crippen LogP contribution in [0.3, 0.4) is 0 Å². The van der Waals surface area contributed by atoms with Crippen LogP contribution in [-0.2, 0) is 11.3 Å². The van der Waals surface area contributed by atoms with Crippen molar-refractivity contribution in [2.45, 2.75) is 51.7 Å². The average molecular weight is 276 g/mol. The molecule has 1 saturated carbocycles. The average Bonchev–Trinajstić information content (AvgIpc) is 3.21. The first-order valence-corrected chi connectivity index (χ1v) is 7.47. The number of aromatic nitrogens is 2. The molecule has 5 heteroatoms. The molecule has 0 atom stereocenters. The highest BCUT2D eigenvalue weighted by Crippen LogP contribution is 2.25. The van der Waals surface area contributed by atoms with Gasteiger partial charge in [0.05, 0.1) is 18.8 Å². The van der Waals surface area contributed by atoms with Gasteiger partial charge in [-0.25, -0.2) is 9.97 Å². The quantitative estimate of drug-likeness (QED) is 0.906. The van der Waals surface area contributed by atoms with E-state index in [9.17, 15) is 0 Å². The number of aryl methyl sites for hydroxylation is 1. The second kappa shape index (κ2) is 5.30. The van der Waals surface area contributed by atoms with E-state index in [2.05, 4.69) is 36.0 Å². The zero-order chi connectivity index (χ0) is 14.2. The van der Waals surface area contributed by atoms with E-state index in [0.29, 0.717) is 6.04 Å². The lowest BCUT2D eigenvalue weighted by molar-refractivity contribution is 0.0633. The summed E-state index contributed by atoms with van der Waals surface area (Å²) in [7, 11) is 0. The van der Waals surface area contributed by atoms with Crippen LogP contribution in [0.25, 0.3) is 0 Å². The highest BCUT2D eigenvalue weighted by Gasteiger charge is 2.32.